The van der Waals surface area contributed by atoms with Crippen LogP contribution in [-0.2, 0) is 13.1 Å². The van der Waals surface area contributed by atoms with Crippen molar-refractivity contribution >= 4 is 17.2 Å². The molecule has 3 N–H and O–H groups in total. The molecule has 0 aliphatic rings. The first-order chi connectivity index (χ1) is 9.60. The van der Waals surface area contributed by atoms with Gasteiger partial charge in [-0.1, -0.05) is 17.3 Å². The highest BCUT2D eigenvalue weighted by atomic mass is 32.1. The van der Waals surface area contributed by atoms with E-state index in [4.69, 9.17) is 10.9 Å². The van der Waals surface area contributed by atoms with Crippen LogP contribution in [0.2, 0.25) is 0 Å². The van der Waals surface area contributed by atoms with Gasteiger partial charge in [0.15, 0.2) is 5.84 Å². The highest BCUT2D eigenvalue weighted by Gasteiger charge is 2.09. The summed E-state index contributed by atoms with van der Waals surface area (Å²) >= 11 is 1.65. The Hall–Kier alpha value is -1.92. The lowest BCUT2D eigenvalue weighted by molar-refractivity contribution is 0.314. The van der Waals surface area contributed by atoms with Gasteiger partial charge in [-0.05, 0) is 35.5 Å². The summed E-state index contributed by atoms with van der Waals surface area (Å²) in [5.41, 5.74) is 7.59. The van der Waals surface area contributed by atoms with E-state index in [0.29, 0.717) is 17.7 Å². The second-order valence-electron chi connectivity index (χ2n) is 4.60. The highest BCUT2D eigenvalue weighted by molar-refractivity contribution is 7.07. The summed E-state index contributed by atoms with van der Waals surface area (Å²) in [6.45, 7) is 1.27. The minimum atomic E-state index is -0.355. The van der Waals surface area contributed by atoms with Gasteiger partial charge >= 0.3 is 0 Å². The number of hydrogen-bond donors (Lipinski definition) is 2. The van der Waals surface area contributed by atoms with Crippen LogP contribution in [0.1, 0.15) is 16.7 Å². The van der Waals surface area contributed by atoms with Crippen LogP contribution in [0, 0.1) is 5.82 Å². The minimum Gasteiger partial charge on any atom is -0.409 e. The summed E-state index contributed by atoms with van der Waals surface area (Å²) in [6, 6.07) is 6.64. The van der Waals surface area contributed by atoms with Crippen molar-refractivity contribution in [2.75, 3.05) is 7.05 Å². The van der Waals surface area contributed by atoms with Gasteiger partial charge in [0, 0.05) is 24.2 Å². The van der Waals surface area contributed by atoms with Crippen LogP contribution >= 0.6 is 11.3 Å². The smallest absolute Gasteiger partial charge is 0.170 e. The van der Waals surface area contributed by atoms with E-state index >= 15 is 0 Å². The van der Waals surface area contributed by atoms with E-state index in [1.807, 2.05) is 17.3 Å². The molecule has 0 aliphatic heterocycles. The Morgan fingerprint density at radius 2 is 2.20 bits per heavy atom. The molecule has 0 bridgehead atoms. The second-order valence-corrected chi connectivity index (χ2v) is 5.38. The zero-order valence-corrected chi connectivity index (χ0v) is 11.9. The van der Waals surface area contributed by atoms with Gasteiger partial charge in [0.25, 0.3) is 0 Å². The summed E-state index contributed by atoms with van der Waals surface area (Å²) in [5.74, 6) is -0.451. The van der Waals surface area contributed by atoms with Gasteiger partial charge in [-0.15, -0.1) is 0 Å². The molecular formula is C14H16FN3OS. The van der Waals surface area contributed by atoms with Crippen molar-refractivity contribution in [2.45, 2.75) is 13.1 Å². The molecule has 0 spiro atoms. The van der Waals surface area contributed by atoms with Crippen LogP contribution in [0.4, 0.5) is 4.39 Å². The summed E-state index contributed by atoms with van der Waals surface area (Å²) in [7, 11) is 1.94. The lowest BCUT2D eigenvalue weighted by Crippen LogP contribution is -2.18. The van der Waals surface area contributed by atoms with Gasteiger partial charge < -0.3 is 10.9 Å². The molecule has 1 heterocycles. The Bertz CT molecular complexity index is 598. The van der Waals surface area contributed by atoms with Crippen molar-refractivity contribution in [3.63, 3.8) is 0 Å². The first-order valence-electron chi connectivity index (χ1n) is 6.06. The molecule has 0 saturated heterocycles. The monoisotopic (exact) mass is 293 g/mol. The second kappa shape index (κ2) is 6.49. The summed E-state index contributed by atoms with van der Waals surface area (Å²) in [5, 5.41) is 15.5. The number of benzene rings is 1. The van der Waals surface area contributed by atoms with E-state index in [1.54, 1.807) is 23.5 Å². The van der Waals surface area contributed by atoms with Gasteiger partial charge in [0.1, 0.15) is 5.82 Å². The molecule has 0 radical (unpaired) electrons. The molecule has 0 amide bonds. The molecule has 6 heteroatoms. The molecule has 0 fully saturated rings. The average Bonchev–Trinajstić information content (AvgIpc) is 2.93. The Morgan fingerprint density at radius 3 is 2.80 bits per heavy atom. The zero-order valence-electron chi connectivity index (χ0n) is 11.1. The number of rotatable bonds is 5. The van der Waals surface area contributed by atoms with E-state index < -0.39 is 0 Å². The molecule has 1 aromatic carbocycles. The average molecular weight is 293 g/mol. The van der Waals surface area contributed by atoms with Crippen LogP contribution in [-0.4, -0.2) is 23.0 Å². The normalized spacial score (nSPS) is 12.1. The van der Waals surface area contributed by atoms with Gasteiger partial charge in [0.2, 0.25) is 0 Å². The fourth-order valence-corrected chi connectivity index (χ4v) is 2.59. The van der Waals surface area contributed by atoms with Crippen LogP contribution in [0.3, 0.4) is 0 Å². The fourth-order valence-electron chi connectivity index (χ4n) is 1.93. The molecule has 4 nitrogen and oxygen atoms in total. The Balaban J connectivity index is 2.06. The molecule has 106 valence electrons. The van der Waals surface area contributed by atoms with Crippen LogP contribution in [0.25, 0.3) is 0 Å². The number of nitrogens with zero attached hydrogens (tertiary/aromatic N) is 2. The van der Waals surface area contributed by atoms with Crippen LogP contribution < -0.4 is 5.73 Å². The lowest BCUT2D eigenvalue weighted by atomic mass is 10.1. The Morgan fingerprint density at radius 1 is 1.40 bits per heavy atom. The molecule has 20 heavy (non-hydrogen) atoms. The summed E-state index contributed by atoms with van der Waals surface area (Å²) < 4.78 is 14.0. The third kappa shape index (κ3) is 3.55. The lowest BCUT2D eigenvalue weighted by Gasteiger charge is -2.16. The molecule has 0 aliphatic carbocycles. The van der Waals surface area contributed by atoms with Gasteiger partial charge in [0.05, 0.1) is 0 Å². The van der Waals surface area contributed by atoms with Gasteiger partial charge in [-0.3, -0.25) is 4.90 Å². The molecule has 0 unspecified atom stereocenters. The summed E-state index contributed by atoms with van der Waals surface area (Å²) in [4.78, 5) is 2.03. The predicted octanol–water partition coefficient (Wildman–Crippen LogP) is 2.61. The van der Waals surface area contributed by atoms with Crippen molar-refractivity contribution < 1.29 is 9.60 Å². The van der Waals surface area contributed by atoms with Crippen molar-refractivity contribution in [3.8, 4) is 0 Å². The first-order valence-corrected chi connectivity index (χ1v) is 7.00. The quantitative estimate of drug-likeness (QED) is 0.385. The Labute approximate surface area is 120 Å². The number of nitrogens with two attached hydrogens (primary N) is 1. The molecule has 2 rings (SSSR count). The van der Waals surface area contributed by atoms with E-state index in [1.165, 1.54) is 11.6 Å². The van der Waals surface area contributed by atoms with Crippen LogP contribution in [0.15, 0.2) is 40.2 Å². The number of hydrogen-bond acceptors (Lipinski definition) is 4. The van der Waals surface area contributed by atoms with E-state index in [-0.39, 0.29) is 11.7 Å². The largest absolute Gasteiger partial charge is 0.409 e. The zero-order chi connectivity index (χ0) is 14.5. The molecule has 1 aromatic heterocycles. The fraction of sp³-hybridized carbons (Fsp3) is 0.214. The summed E-state index contributed by atoms with van der Waals surface area (Å²) in [6.07, 6.45) is 0. The minimum absolute atomic E-state index is 0.0953. The van der Waals surface area contributed by atoms with Crippen molar-refractivity contribution in [1.82, 2.24) is 4.90 Å². The van der Waals surface area contributed by atoms with E-state index in [2.05, 4.69) is 16.6 Å². The van der Waals surface area contributed by atoms with Crippen molar-refractivity contribution in [3.05, 3.63) is 57.5 Å². The Kier molecular flexibility index (Phi) is 4.70. The molecule has 2 aromatic rings. The molecular weight excluding hydrogens is 277 g/mol. The van der Waals surface area contributed by atoms with Crippen molar-refractivity contribution in [1.29, 1.82) is 0 Å². The molecule has 0 atom stereocenters. The standard InChI is InChI=1S/C14H16FN3OS/c1-18(7-10-4-5-20-9-10)8-12-3-2-11(6-13(12)15)14(16)17-19/h2-6,9,19H,7-8H2,1H3,(H2,16,17). The number of oxime groups is 1. The number of amidine groups is 1. The molecule has 0 saturated carbocycles. The number of halogens is 1. The maximum atomic E-state index is 14.0. The van der Waals surface area contributed by atoms with E-state index in [0.717, 1.165) is 6.54 Å². The first kappa shape index (κ1) is 14.5. The third-order valence-corrected chi connectivity index (χ3v) is 3.66. The topological polar surface area (TPSA) is 61.8 Å². The maximum Gasteiger partial charge on any atom is 0.170 e. The third-order valence-electron chi connectivity index (χ3n) is 2.93. The van der Waals surface area contributed by atoms with Gasteiger partial charge in [-0.25, -0.2) is 4.39 Å². The SMILES string of the molecule is CN(Cc1ccsc1)Cc1ccc(/C(N)=N/O)cc1F. The van der Waals surface area contributed by atoms with E-state index in [9.17, 15) is 4.39 Å². The number of thiophene rings is 1. The predicted molar refractivity (Wildman–Crippen MR) is 78.4 cm³/mol. The van der Waals surface area contributed by atoms with Crippen LogP contribution in [0.5, 0.6) is 0 Å². The highest BCUT2D eigenvalue weighted by Crippen LogP contribution is 2.15. The van der Waals surface area contributed by atoms with Gasteiger partial charge in [-0.2, -0.15) is 11.3 Å². The maximum absolute atomic E-state index is 14.0. The van der Waals surface area contributed by atoms with Crippen molar-refractivity contribution in [2.24, 2.45) is 10.9 Å².